The molecule has 2 aromatic heterocycles. The maximum absolute atomic E-state index is 4.65. The lowest BCUT2D eigenvalue weighted by Crippen LogP contribution is -2.06. The van der Waals surface area contributed by atoms with Crippen LogP contribution in [0.4, 0.5) is 5.82 Å². The smallest absolute Gasteiger partial charge is 0.172 e. The van der Waals surface area contributed by atoms with E-state index in [1.165, 1.54) is 0 Å². The third-order valence-corrected chi connectivity index (χ3v) is 6.75. The standard InChI is InChI=1S/C13H14Br3N3S/c1-3-5-17-13-10(15)8(4-2)18-12(19-13)9-6-7(14)11(16)20-9/h6H,3-5H2,1-2H3,(H,17,18,19). The van der Waals surface area contributed by atoms with Crippen molar-refractivity contribution >= 4 is 64.9 Å². The number of aromatic nitrogens is 2. The van der Waals surface area contributed by atoms with E-state index in [-0.39, 0.29) is 0 Å². The molecule has 0 aromatic carbocycles. The number of rotatable bonds is 5. The molecule has 7 heteroatoms. The summed E-state index contributed by atoms with van der Waals surface area (Å²) in [5, 5.41) is 3.35. The summed E-state index contributed by atoms with van der Waals surface area (Å²) in [5.74, 6) is 1.63. The van der Waals surface area contributed by atoms with Gasteiger partial charge in [0.25, 0.3) is 0 Å². The molecular weight excluding hydrogens is 470 g/mol. The fraction of sp³-hybridized carbons (Fsp3) is 0.385. The lowest BCUT2D eigenvalue weighted by Gasteiger charge is -2.11. The van der Waals surface area contributed by atoms with E-state index in [4.69, 9.17) is 0 Å². The summed E-state index contributed by atoms with van der Waals surface area (Å²) in [5.41, 5.74) is 1.02. The quantitative estimate of drug-likeness (QED) is 0.577. The Hall–Kier alpha value is 0.0200. The van der Waals surface area contributed by atoms with Gasteiger partial charge in [-0.2, -0.15) is 0 Å². The highest BCUT2D eigenvalue weighted by molar-refractivity contribution is 9.13. The Labute approximate surface area is 148 Å². The van der Waals surface area contributed by atoms with Crippen LogP contribution in [0.2, 0.25) is 0 Å². The molecule has 2 rings (SSSR count). The maximum atomic E-state index is 4.65. The minimum absolute atomic E-state index is 0.764. The molecule has 0 bridgehead atoms. The predicted molar refractivity (Wildman–Crippen MR) is 96.6 cm³/mol. The zero-order valence-electron chi connectivity index (χ0n) is 11.1. The molecule has 0 fully saturated rings. The van der Waals surface area contributed by atoms with Gasteiger partial charge in [0, 0.05) is 11.0 Å². The zero-order valence-corrected chi connectivity index (χ0v) is 16.7. The van der Waals surface area contributed by atoms with Crippen LogP contribution >= 0.6 is 59.1 Å². The average Bonchev–Trinajstić information content (AvgIpc) is 2.77. The average molecular weight is 484 g/mol. The van der Waals surface area contributed by atoms with Gasteiger partial charge in [0.1, 0.15) is 5.82 Å². The van der Waals surface area contributed by atoms with E-state index in [1.807, 2.05) is 6.07 Å². The molecule has 0 aliphatic heterocycles. The van der Waals surface area contributed by atoms with Gasteiger partial charge >= 0.3 is 0 Å². The van der Waals surface area contributed by atoms with Crippen molar-refractivity contribution in [3.63, 3.8) is 0 Å². The fourth-order valence-electron chi connectivity index (χ4n) is 1.66. The number of halogens is 3. The van der Waals surface area contributed by atoms with Gasteiger partial charge in [-0.3, -0.25) is 0 Å². The number of nitrogens with zero attached hydrogens (tertiary/aromatic N) is 2. The first-order chi connectivity index (χ1) is 9.56. The molecule has 0 atom stereocenters. The molecule has 0 aliphatic carbocycles. The van der Waals surface area contributed by atoms with E-state index in [9.17, 15) is 0 Å². The first-order valence-corrected chi connectivity index (χ1v) is 9.51. The second kappa shape index (κ2) is 7.33. The molecule has 0 amide bonds. The summed E-state index contributed by atoms with van der Waals surface area (Å²) in [4.78, 5) is 10.3. The van der Waals surface area contributed by atoms with Crippen LogP contribution in [0.25, 0.3) is 10.7 Å². The van der Waals surface area contributed by atoms with Crippen LogP contribution in [-0.4, -0.2) is 16.5 Å². The van der Waals surface area contributed by atoms with Crippen LogP contribution in [0, 0.1) is 0 Å². The van der Waals surface area contributed by atoms with Crippen LogP contribution in [-0.2, 0) is 6.42 Å². The normalized spacial score (nSPS) is 10.8. The van der Waals surface area contributed by atoms with E-state index in [1.54, 1.807) is 11.3 Å². The van der Waals surface area contributed by atoms with Crippen molar-refractivity contribution in [2.45, 2.75) is 26.7 Å². The molecule has 0 aliphatic rings. The Balaban J connectivity index is 2.47. The number of anilines is 1. The summed E-state index contributed by atoms with van der Waals surface area (Å²) in [6, 6.07) is 2.04. The van der Waals surface area contributed by atoms with Crippen molar-refractivity contribution < 1.29 is 0 Å². The third-order valence-electron chi connectivity index (χ3n) is 2.66. The number of thiophene rings is 1. The van der Waals surface area contributed by atoms with Crippen molar-refractivity contribution in [1.29, 1.82) is 0 Å². The second-order valence-corrected chi connectivity index (χ2v) is 8.19. The van der Waals surface area contributed by atoms with Gasteiger partial charge in [-0.05, 0) is 66.7 Å². The van der Waals surface area contributed by atoms with E-state index < -0.39 is 0 Å². The van der Waals surface area contributed by atoms with Gasteiger partial charge in [0.05, 0.1) is 18.8 Å². The predicted octanol–water partition coefficient (Wildman–Crippen LogP) is 5.88. The molecule has 108 valence electrons. The van der Waals surface area contributed by atoms with Crippen LogP contribution in [0.3, 0.4) is 0 Å². The van der Waals surface area contributed by atoms with Gasteiger partial charge in [-0.1, -0.05) is 13.8 Å². The number of hydrogen-bond donors (Lipinski definition) is 1. The van der Waals surface area contributed by atoms with Crippen LogP contribution in [0.1, 0.15) is 26.0 Å². The largest absolute Gasteiger partial charge is 0.369 e. The minimum atomic E-state index is 0.764. The Morgan fingerprint density at radius 3 is 2.50 bits per heavy atom. The first kappa shape index (κ1) is 16.4. The highest BCUT2D eigenvalue weighted by Crippen LogP contribution is 2.38. The molecule has 1 N–H and O–H groups in total. The monoisotopic (exact) mass is 481 g/mol. The molecule has 2 aromatic rings. The molecule has 0 unspecified atom stereocenters. The van der Waals surface area contributed by atoms with Gasteiger partial charge < -0.3 is 5.32 Å². The highest BCUT2D eigenvalue weighted by Gasteiger charge is 2.15. The molecule has 0 saturated carbocycles. The van der Waals surface area contributed by atoms with Crippen molar-refractivity contribution in [3.8, 4) is 10.7 Å². The molecule has 0 radical (unpaired) electrons. The summed E-state index contributed by atoms with van der Waals surface area (Å²) < 4.78 is 3.05. The molecule has 0 spiro atoms. The lowest BCUT2D eigenvalue weighted by molar-refractivity contribution is 0.945. The molecule has 3 nitrogen and oxygen atoms in total. The molecule has 20 heavy (non-hydrogen) atoms. The summed E-state index contributed by atoms with van der Waals surface area (Å²) in [7, 11) is 0. The Morgan fingerprint density at radius 2 is 1.95 bits per heavy atom. The van der Waals surface area contributed by atoms with Gasteiger partial charge in [0.15, 0.2) is 5.82 Å². The van der Waals surface area contributed by atoms with Crippen LogP contribution in [0.15, 0.2) is 18.8 Å². The number of hydrogen-bond acceptors (Lipinski definition) is 4. The van der Waals surface area contributed by atoms with Crippen LogP contribution < -0.4 is 5.32 Å². The molecule has 0 saturated heterocycles. The van der Waals surface area contributed by atoms with E-state index in [2.05, 4.69) is 76.9 Å². The van der Waals surface area contributed by atoms with Crippen molar-refractivity contribution in [2.24, 2.45) is 0 Å². The third kappa shape index (κ3) is 3.61. The number of nitrogens with one attached hydrogen (secondary N) is 1. The first-order valence-electron chi connectivity index (χ1n) is 6.32. The van der Waals surface area contributed by atoms with Gasteiger partial charge in [-0.25, -0.2) is 9.97 Å². The van der Waals surface area contributed by atoms with Gasteiger partial charge in [-0.15, -0.1) is 11.3 Å². The topological polar surface area (TPSA) is 37.8 Å². The minimum Gasteiger partial charge on any atom is -0.369 e. The summed E-state index contributed by atoms with van der Waals surface area (Å²) >= 11 is 12.2. The summed E-state index contributed by atoms with van der Waals surface area (Å²) in [6.45, 7) is 5.13. The maximum Gasteiger partial charge on any atom is 0.172 e. The van der Waals surface area contributed by atoms with Crippen molar-refractivity contribution in [3.05, 3.63) is 24.5 Å². The van der Waals surface area contributed by atoms with E-state index in [0.29, 0.717) is 0 Å². The SMILES string of the molecule is CCCNc1nc(-c2cc(Br)c(Br)s2)nc(CC)c1Br. The van der Waals surface area contributed by atoms with Crippen molar-refractivity contribution in [1.82, 2.24) is 9.97 Å². The molecule has 2 heterocycles. The Bertz CT molecular complexity index is 594. The Kier molecular flexibility index (Phi) is 6.01. The van der Waals surface area contributed by atoms with Gasteiger partial charge in [0.2, 0.25) is 0 Å². The zero-order chi connectivity index (χ0) is 14.7. The van der Waals surface area contributed by atoms with E-state index >= 15 is 0 Å². The molecular formula is C13H14Br3N3S. The fourth-order valence-corrected chi connectivity index (χ4v) is 4.22. The van der Waals surface area contributed by atoms with Crippen LogP contribution in [0.5, 0.6) is 0 Å². The number of aryl methyl sites for hydroxylation is 1. The highest BCUT2D eigenvalue weighted by atomic mass is 79.9. The lowest BCUT2D eigenvalue weighted by atomic mass is 10.3. The second-order valence-electron chi connectivity index (χ2n) is 4.17. The van der Waals surface area contributed by atoms with E-state index in [0.717, 1.165) is 54.3 Å². The summed E-state index contributed by atoms with van der Waals surface area (Å²) in [6.07, 6.45) is 1.92. The Morgan fingerprint density at radius 1 is 1.20 bits per heavy atom. The van der Waals surface area contributed by atoms with Crippen molar-refractivity contribution in [2.75, 3.05) is 11.9 Å².